The minimum Gasteiger partial charge on any atom is -0.494 e. The minimum atomic E-state index is -2.33. The number of hydrogen-bond acceptors (Lipinski definition) is 7. The molecular weight excluding hydrogens is 517 g/mol. The lowest BCUT2D eigenvalue weighted by atomic mass is 9.44. The molecule has 4 aliphatic carbocycles. The molecule has 39 heavy (non-hydrogen) atoms. The topological polar surface area (TPSA) is 102 Å². The monoisotopic (exact) mass is 548 g/mol. The van der Waals surface area contributed by atoms with Crippen LogP contribution < -0.4 is 4.74 Å². The number of carbonyl (C=O) groups is 2. The van der Waals surface area contributed by atoms with Crippen LogP contribution in [-0.4, -0.2) is 65.1 Å². The van der Waals surface area contributed by atoms with Crippen LogP contribution >= 0.6 is 0 Å². The van der Waals surface area contributed by atoms with Crippen LogP contribution in [0.15, 0.2) is 42.0 Å². The van der Waals surface area contributed by atoms with E-state index in [1.807, 2.05) is 0 Å². The first-order valence-electron chi connectivity index (χ1n) is 13.1. The molecule has 4 fully saturated rings. The van der Waals surface area contributed by atoms with Gasteiger partial charge in [-0.15, -0.1) is 0 Å². The average molecular weight is 549 g/mol. The highest BCUT2D eigenvalue weighted by Gasteiger charge is 2.80. The first-order valence-corrected chi connectivity index (χ1v) is 13.1. The van der Waals surface area contributed by atoms with Crippen LogP contribution in [0.2, 0.25) is 0 Å². The van der Waals surface area contributed by atoms with Gasteiger partial charge in [-0.3, -0.25) is 9.59 Å². The number of alkyl halides is 2. The summed E-state index contributed by atoms with van der Waals surface area (Å²) < 4.78 is 65.0. The predicted octanol–water partition coefficient (Wildman–Crippen LogP) is 3.48. The van der Waals surface area contributed by atoms with Gasteiger partial charge in [-0.05, 0) is 62.0 Å². The molecule has 210 valence electrons. The largest absolute Gasteiger partial charge is 0.494 e. The van der Waals surface area contributed by atoms with Crippen LogP contribution in [0.3, 0.4) is 0 Å². The maximum Gasteiger partial charge on any atom is 0.193 e. The molecule has 1 heterocycles. The molecule has 0 aromatic heterocycles. The zero-order valence-electron chi connectivity index (χ0n) is 21.8. The maximum atomic E-state index is 17.4. The standard InChI is InChI=1S/C29H31F3O7/c1-26-7-6-15(34)9-18(26)19(30)10-17-16-11-24-29(23(36)13-33,27(16,2)12-22(35)28(17,26)32)39-25(38-24)14-4-5-21(37-3)20(31)8-14/h4-9,16-17,19,22,24-25,33,35H,10-13H2,1-3H3/t16-,17-,19-,22-,24+,25+,26-,27-,28-,29+/m0/s1. The molecule has 0 unspecified atom stereocenters. The number of carbonyl (C=O) groups excluding carboxylic acids is 2. The second-order valence-electron chi connectivity index (χ2n) is 11.9. The molecule has 2 N–H and O–H groups in total. The van der Waals surface area contributed by atoms with Crippen molar-refractivity contribution in [1.82, 2.24) is 0 Å². The van der Waals surface area contributed by atoms with E-state index in [1.165, 1.54) is 44.4 Å². The highest BCUT2D eigenvalue weighted by atomic mass is 19.1. The fraction of sp³-hybridized carbons (Fsp3) is 0.586. The zero-order valence-corrected chi connectivity index (χ0v) is 21.8. The van der Waals surface area contributed by atoms with Crippen LogP contribution in [0.25, 0.3) is 0 Å². The SMILES string of the molecule is COc1ccc([C@@H]2O[C@@H]3C[C@H]4[C@@H]5C[C@H](F)C6=CC(=O)C=C[C@]6(C)[C@@]5(F)[C@@H](O)C[C@]4(C)[C@]3(C(=O)CO)O2)cc1F. The van der Waals surface area contributed by atoms with Gasteiger partial charge in [0.25, 0.3) is 0 Å². The van der Waals surface area contributed by atoms with Crippen LogP contribution in [0.1, 0.15) is 45.0 Å². The number of Topliss-reactive ketones (excluding diaryl/α,β-unsaturated/α-hetero) is 1. The molecule has 10 heteroatoms. The number of ether oxygens (including phenoxy) is 3. The number of aliphatic hydroxyl groups excluding tert-OH is 2. The lowest BCUT2D eigenvalue weighted by Crippen LogP contribution is -2.70. The molecule has 0 spiro atoms. The lowest BCUT2D eigenvalue weighted by Gasteiger charge is -2.63. The van der Waals surface area contributed by atoms with Crippen molar-refractivity contribution in [2.45, 2.75) is 69.0 Å². The van der Waals surface area contributed by atoms with Gasteiger partial charge in [0.15, 0.2) is 40.7 Å². The fourth-order valence-corrected chi connectivity index (χ4v) is 8.54. The van der Waals surface area contributed by atoms with Gasteiger partial charge in [0, 0.05) is 22.3 Å². The molecule has 6 rings (SSSR count). The molecule has 5 aliphatic rings. The zero-order chi connectivity index (χ0) is 28.1. The maximum absolute atomic E-state index is 17.4. The van der Waals surface area contributed by atoms with Crippen molar-refractivity contribution >= 4 is 11.6 Å². The highest BCUT2D eigenvalue weighted by Crippen LogP contribution is 2.72. The minimum absolute atomic E-state index is 0.00448. The van der Waals surface area contributed by atoms with Gasteiger partial charge in [0.2, 0.25) is 0 Å². The Kier molecular flexibility index (Phi) is 5.81. The number of ketones is 2. The molecule has 10 atom stereocenters. The lowest BCUT2D eigenvalue weighted by molar-refractivity contribution is -0.235. The summed E-state index contributed by atoms with van der Waals surface area (Å²) in [6.45, 7) is 2.29. The molecular formula is C29H31F3O7. The second-order valence-corrected chi connectivity index (χ2v) is 11.9. The normalized spacial score (nSPS) is 46.2. The molecule has 1 saturated heterocycles. The quantitative estimate of drug-likeness (QED) is 0.594. The molecule has 0 radical (unpaired) electrons. The number of rotatable bonds is 4. The molecule has 7 nitrogen and oxygen atoms in total. The first kappa shape index (κ1) is 26.7. The van der Waals surface area contributed by atoms with Gasteiger partial charge < -0.3 is 24.4 Å². The summed E-state index contributed by atoms with van der Waals surface area (Å²) in [5, 5.41) is 21.5. The number of hydrogen-bond donors (Lipinski definition) is 2. The van der Waals surface area contributed by atoms with E-state index in [1.54, 1.807) is 6.92 Å². The van der Waals surface area contributed by atoms with Gasteiger partial charge in [-0.2, -0.15) is 0 Å². The van der Waals surface area contributed by atoms with E-state index in [0.29, 0.717) is 0 Å². The Balaban J connectivity index is 1.43. The van der Waals surface area contributed by atoms with Crippen molar-refractivity contribution in [1.29, 1.82) is 0 Å². The summed E-state index contributed by atoms with van der Waals surface area (Å²) in [6.07, 6.45) is -2.16. The van der Waals surface area contributed by atoms with Gasteiger partial charge in [0.05, 0.1) is 19.3 Å². The van der Waals surface area contributed by atoms with Gasteiger partial charge >= 0.3 is 0 Å². The summed E-state index contributed by atoms with van der Waals surface area (Å²) >= 11 is 0. The number of methoxy groups -OCH3 is 1. The molecule has 3 saturated carbocycles. The molecule has 1 aliphatic heterocycles. The number of aliphatic hydroxyl groups is 2. The van der Waals surface area contributed by atoms with E-state index in [4.69, 9.17) is 14.2 Å². The van der Waals surface area contributed by atoms with Crippen LogP contribution in [0.4, 0.5) is 13.2 Å². The molecule has 0 amide bonds. The third kappa shape index (κ3) is 3.14. The Morgan fingerprint density at radius 1 is 1.23 bits per heavy atom. The van der Waals surface area contributed by atoms with Crippen molar-refractivity contribution in [3.05, 3.63) is 53.4 Å². The summed E-state index contributed by atoms with van der Waals surface area (Å²) in [4.78, 5) is 25.5. The van der Waals surface area contributed by atoms with Gasteiger partial charge in [-0.1, -0.05) is 19.1 Å². The van der Waals surface area contributed by atoms with E-state index >= 15 is 8.78 Å². The van der Waals surface area contributed by atoms with Crippen LogP contribution in [0.5, 0.6) is 5.75 Å². The average Bonchev–Trinajstić information content (AvgIpc) is 3.40. The fourth-order valence-electron chi connectivity index (χ4n) is 8.54. The van der Waals surface area contributed by atoms with Gasteiger partial charge in [0.1, 0.15) is 12.8 Å². The highest BCUT2D eigenvalue weighted by molar-refractivity contribution is 6.01. The van der Waals surface area contributed by atoms with E-state index in [2.05, 4.69) is 0 Å². The second kappa shape index (κ2) is 8.49. The Morgan fingerprint density at radius 2 is 1.97 bits per heavy atom. The number of fused-ring (bicyclic) bond motifs is 7. The van der Waals surface area contributed by atoms with Crippen molar-refractivity contribution in [2.75, 3.05) is 13.7 Å². The Hall–Kier alpha value is -2.53. The van der Waals surface area contributed by atoms with Crippen LogP contribution in [0, 0.1) is 28.5 Å². The predicted molar refractivity (Wildman–Crippen MR) is 130 cm³/mol. The summed E-state index contributed by atoms with van der Waals surface area (Å²) in [6, 6.07) is 4.10. The Morgan fingerprint density at radius 3 is 2.64 bits per heavy atom. The Labute approximate surface area is 223 Å². The first-order chi connectivity index (χ1) is 18.4. The van der Waals surface area contributed by atoms with E-state index in [0.717, 1.165) is 6.08 Å². The summed E-state index contributed by atoms with van der Waals surface area (Å²) in [7, 11) is 1.33. The van der Waals surface area contributed by atoms with Crippen molar-refractivity contribution in [3.8, 4) is 5.75 Å². The van der Waals surface area contributed by atoms with Crippen LogP contribution in [-0.2, 0) is 19.1 Å². The summed E-state index contributed by atoms with van der Waals surface area (Å²) in [5.74, 6) is -3.49. The third-order valence-electron chi connectivity index (χ3n) is 10.4. The number of benzene rings is 1. The van der Waals surface area contributed by atoms with Crippen molar-refractivity contribution in [3.63, 3.8) is 0 Å². The number of halogens is 3. The molecule has 1 aromatic carbocycles. The van der Waals surface area contributed by atoms with Crippen molar-refractivity contribution < 1.29 is 47.2 Å². The van der Waals surface area contributed by atoms with E-state index in [-0.39, 0.29) is 36.1 Å². The van der Waals surface area contributed by atoms with E-state index in [9.17, 15) is 24.2 Å². The van der Waals surface area contributed by atoms with Crippen molar-refractivity contribution in [2.24, 2.45) is 22.7 Å². The smallest absolute Gasteiger partial charge is 0.193 e. The number of allylic oxidation sites excluding steroid dienone is 4. The third-order valence-corrected chi connectivity index (χ3v) is 10.4. The van der Waals surface area contributed by atoms with E-state index < -0.39 is 82.6 Å². The molecule has 1 aromatic rings. The van der Waals surface area contributed by atoms with Gasteiger partial charge in [-0.25, -0.2) is 13.2 Å². The molecule has 0 bridgehead atoms. The summed E-state index contributed by atoms with van der Waals surface area (Å²) in [5.41, 5.74) is -6.64. The Bertz CT molecular complexity index is 1310.